The summed E-state index contributed by atoms with van der Waals surface area (Å²) in [6.07, 6.45) is 4.28. The first-order chi connectivity index (χ1) is 18.2. The van der Waals surface area contributed by atoms with Crippen molar-refractivity contribution in [1.29, 1.82) is 0 Å². The third-order valence-corrected chi connectivity index (χ3v) is 6.86. The van der Waals surface area contributed by atoms with E-state index in [-0.39, 0.29) is 30.3 Å². The second-order valence-corrected chi connectivity index (χ2v) is 9.48. The molecule has 1 aromatic heterocycles. The molecular formula is C25H26ClF3N4O4S. The molecule has 1 aromatic carbocycles. The summed E-state index contributed by atoms with van der Waals surface area (Å²) in [5.74, 6) is -5.16. The molecule has 3 heterocycles. The average molecular weight is 571 g/mol. The Morgan fingerprint density at radius 2 is 2.16 bits per heavy atom. The lowest BCUT2D eigenvalue weighted by Crippen LogP contribution is -2.39. The van der Waals surface area contributed by atoms with Crippen molar-refractivity contribution in [3.63, 3.8) is 0 Å². The molecule has 0 bridgehead atoms. The standard InChI is InChI=1S/C24H22ClF3N4O3S.CH4O/c1-2-35-23(34)19-18(12-32-11-14(4-3-8-33)24(27,28)13-32)30-21(22-29-7-9-36-22)31-20(19)16-6-5-15(26)10-17(16)25;1-2/h3-10,14,20H,2,11-13H2,1H3,(H,30,31);2H,1H3/b4-3+;/t14?,20-;/m0./s1. The molecule has 0 amide bonds. The van der Waals surface area contributed by atoms with Crippen molar-refractivity contribution in [2.24, 2.45) is 10.9 Å². The summed E-state index contributed by atoms with van der Waals surface area (Å²) >= 11 is 7.64. The number of hydrogen-bond donors (Lipinski definition) is 2. The molecule has 2 aliphatic heterocycles. The number of allylic oxidation sites excluding steroid dienone is 1. The number of aldehydes is 1. The highest BCUT2D eigenvalue weighted by Crippen LogP contribution is 2.39. The normalized spacial score (nSPS) is 21.0. The summed E-state index contributed by atoms with van der Waals surface area (Å²) < 4.78 is 48.3. The molecule has 2 aliphatic rings. The maximum Gasteiger partial charge on any atom is 0.338 e. The number of aliphatic hydroxyl groups excluding tert-OH is 1. The summed E-state index contributed by atoms with van der Waals surface area (Å²) in [4.78, 5) is 34.2. The fourth-order valence-electron chi connectivity index (χ4n) is 4.18. The van der Waals surface area contributed by atoms with Crippen LogP contribution in [0.2, 0.25) is 5.02 Å². The minimum Gasteiger partial charge on any atom is -0.463 e. The number of nitrogens with zero attached hydrogens (tertiary/aromatic N) is 3. The van der Waals surface area contributed by atoms with Gasteiger partial charge in [0.05, 0.1) is 24.6 Å². The summed E-state index contributed by atoms with van der Waals surface area (Å²) in [6.45, 7) is 1.04. The van der Waals surface area contributed by atoms with Crippen LogP contribution in [0.15, 0.2) is 58.2 Å². The van der Waals surface area contributed by atoms with Crippen LogP contribution in [0.5, 0.6) is 0 Å². The highest BCUT2D eigenvalue weighted by atomic mass is 35.5. The number of halogens is 4. The van der Waals surface area contributed by atoms with E-state index in [0.717, 1.165) is 19.3 Å². The molecule has 0 radical (unpaired) electrons. The molecule has 2 aromatic rings. The molecule has 1 fully saturated rings. The van der Waals surface area contributed by atoms with Crippen LogP contribution in [0, 0.1) is 11.7 Å². The number of amidine groups is 1. The van der Waals surface area contributed by atoms with Gasteiger partial charge in [0.25, 0.3) is 5.92 Å². The molecule has 0 saturated carbocycles. The molecule has 2 atom stereocenters. The molecule has 4 rings (SSSR count). The van der Waals surface area contributed by atoms with Crippen LogP contribution in [0.4, 0.5) is 13.2 Å². The van der Waals surface area contributed by atoms with Crippen molar-refractivity contribution >= 4 is 41.0 Å². The number of hydrogen-bond acceptors (Lipinski definition) is 9. The van der Waals surface area contributed by atoms with E-state index >= 15 is 0 Å². The third kappa shape index (κ3) is 6.68. The Bertz CT molecular complexity index is 1240. The largest absolute Gasteiger partial charge is 0.463 e. The average Bonchev–Trinajstić information content (AvgIpc) is 3.51. The lowest BCUT2D eigenvalue weighted by atomic mass is 9.95. The van der Waals surface area contributed by atoms with Gasteiger partial charge < -0.3 is 15.2 Å². The Hall–Kier alpha value is -3.06. The van der Waals surface area contributed by atoms with Crippen molar-refractivity contribution in [3.05, 3.63) is 74.6 Å². The Morgan fingerprint density at radius 1 is 1.39 bits per heavy atom. The Morgan fingerprint density at radius 3 is 2.79 bits per heavy atom. The maximum absolute atomic E-state index is 14.6. The zero-order valence-corrected chi connectivity index (χ0v) is 22.1. The van der Waals surface area contributed by atoms with E-state index in [1.54, 1.807) is 18.5 Å². The number of nitrogens with one attached hydrogen (secondary N) is 1. The number of aliphatic imine (C=N–C) groups is 1. The number of esters is 1. The number of aromatic nitrogens is 1. The lowest BCUT2D eigenvalue weighted by Gasteiger charge is -2.29. The summed E-state index contributed by atoms with van der Waals surface area (Å²) in [7, 11) is 1.00. The number of benzene rings is 1. The van der Waals surface area contributed by atoms with E-state index in [4.69, 9.17) is 21.4 Å². The fraction of sp³-hybridized carbons (Fsp3) is 0.360. The predicted molar refractivity (Wildman–Crippen MR) is 138 cm³/mol. The van der Waals surface area contributed by atoms with E-state index in [1.165, 1.54) is 34.4 Å². The molecule has 0 spiro atoms. The molecular weight excluding hydrogens is 545 g/mol. The van der Waals surface area contributed by atoms with Gasteiger partial charge in [-0.15, -0.1) is 11.3 Å². The van der Waals surface area contributed by atoms with Crippen LogP contribution < -0.4 is 5.32 Å². The highest BCUT2D eigenvalue weighted by molar-refractivity contribution is 7.11. The van der Waals surface area contributed by atoms with E-state index in [9.17, 15) is 22.8 Å². The second-order valence-electron chi connectivity index (χ2n) is 8.18. The van der Waals surface area contributed by atoms with Gasteiger partial charge in [-0.25, -0.2) is 22.9 Å². The first-order valence-electron chi connectivity index (χ1n) is 11.5. The molecule has 38 heavy (non-hydrogen) atoms. The first-order valence-corrected chi connectivity index (χ1v) is 12.8. The zero-order chi connectivity index (χ0) is 27.9. The Balaban J connectivity index is 0.00000195. The van der Waals surface area contributed by atoms with Crippen LogP contribution in [0.1, 0.15) is 23.5 Å². The van der Waals surface area contributed by atoms with E-state index in [0.29, 0.717) is 28.4 Å². The number of alkyl halides is 2. The van der Waals surface area contributed by atoms with Gasteiger partial charge in [-0.1, -0.05) is 23.7 Å². The lowest BCUT2D eigenvalue weighted by molar-refractivity contribution is -0.139. The summed E-state index contributed by atoms with van der Waals surface area (Å²) in [5, 5.41) is 12.4. The summed E-state index contributed by atoms with van der Waals surface area (Å²) in [6, 6.07) is 2.76. The van der Waals surface area contributed by atoms with E-state index in [1.807, 2.05) is 0 Å². The number of thiazole rings is 1. The van der Waals surface area contributed by atoms with Crippen LogP contribution in [0.25, 0.3) is 0 Å². The first kappa shape index (κ1) is 29.5. The Labute approximate surface area is 226 Å². The Kier molecular flexibility index (Phi) is 10.2. The van der Waals surface area contributed by atoms with Gasteiger partial charge in [0.1, 0.15) is 18.1 Å². The third-order valence-electron chi connectivity index (χ3n) is 5.75. The van der Waals surface area contributed by atoms with Gasteiger partial charge in [-0.05, 0) is 25.1 Å². The van der Waals surface area contributed by atoms with Crippen LogP contribution >= 0.6 is 22.9 Å². The molecule has 8 nitrogen and oxygen atoms in total. The number of carbonyl (C=O) groups excluding carboxylic acids is 2. The zero-order valence-electron chi connectivity index (χ0n) is 20.5. The van der Waals surface area contributed by atoms with Crippen molar-refractivity contribution in [3.8, 4) is 0 Å². The van der Waals surface area contributed by atoms with Crippen molar-refractivity contribution < 1.29 is 32.6 Å². The van der Waals surface area contributed by atoms with Gasteiger partial charge in [0.15, 0.2) is 10.8 Å². The number of ether oxygens (including phenoxy) is 1. The molecule has 204 valence electrons. The highest BCUT2D eigenvalue weighted by Gasteiger charge is 2.47. The molecule has 13 heteroatoms. The monoisotopic (exact) mass is 570 g/mol. The van der Waals surface area contributed by atoms with Crippen LogP contribution in [-0.4, -0.2) is 72.4 Å². The van der Waals surface area contributed by atoms with Gasteiger partial charge in [0.2, 0.25) is 0 Å². The van der Waals surface area contributed by atoms with Crippen molar-refractivity contribution in [2.75, 3.05) is 33.4 Å². The van der Waals surface area contributed by atoms with Crippen molar-refractivity contribution in [1.82, 2.24) is 15.2 Å². The minimum absolute atomic E-state index is 0.0374. The predicted octanol–water partition coefficient (Wildman–Crippen LogP) is 3.77. The number of aliphatic hydroxyl groups is 1. The van der Waals surface area contributed by atoms with Gasteiger partial charge in [0, 0.05) is 48.1 Å². The van der Waals surface area contributed by atoms with Gasteiger partial charge >= 0.3 is 5.97 Å². The van der Waals surface area contributed by atoms with Crippen molar-refractivity contribution in [2.45, 2.75) is 18.9 Å². The smallest absolute Gasteiger partial charge is 0.338 e. The second kappa shape index (κ2) is 13.1. The van der Waals surface area contributed by atoms with Crippen LogP contribution in [0.3, 0.4) is 0 Å². The maximum atomic E-state index is 14.6. The quantitative estimate of drug-likeness (QED) is 0.283. The number of rotatable bonds is 8. The van der Waals surface area contributed by atoms with E-state index < -0.39 is 36.2 Å². The molecule has 1 saturated heterocycles. The summed E-state index contributed by atoms with van der Waals surface area (Å²) in [5.41, 5.74) is 0.739. The number of carbonyl (C=O) groups is 2. The minimum atomic E-state index is -3.06. The topological polar surface area (TPSA) is 104 Å². The molecule has 1 unspecified atom stereocenters. The van der Waals surface area contributed by atoms with Gasteiger partial charge in [-0.3, -0.25) is 14.7 Å². The molecule has 2 N–H and O–H groups in total. The fourth-order valence-corrected chi connectivity index (χ4v) is 5.04. The van der Waals surface area contributed by atoms with Crippen LogP contribution in [-0.2, 0) is 14.3 Å². The van der Waals surface area contributed by atoms with Gasteiger partial charge in [-0.2, -0.15) is 0 Å². The van der Waals surface area contributed by atoms with E-state index in [2.05, 4.69) is 15.3 Å². The SMILES string of the molecule is CCOC(=O)C1=C(CN2CC(/C=C/C=O)C(F)(F)C2)NC(c2nccs2)=N[C@H]1c1ccc(F)cc1Cl.CO. The molecule has 0 aliphatic carbocycles. The number of likely N-dealkylation sites (tertiary alicyclic amines) is 1.